The van der Waals surface area contributed by atoms with Gasteiger partial charge in [0.2, 0.25) is 0 Å². The van der Waals surface area contributed by atoms with Crippen LogP contribution in [0.1, 0.15) is 58.3 Å². The molecule has 1 unspecified atom stereocenters. The van der Waals surface area contributed by atoms with E-state index in [0.717, 1.165) is 48.3 Å². The molecular formula is C17H25ClN2O. The highest BCUT2D eigenvalue weighted by Gasteiger charge is 2.19. The lowest BCUT2D eigenvalue weighted by molar-refractivity contribution is 0.320. The molecule has 0 N–H and O–H groups in total. The van der Waals surface area contributed by atoms with E-state index in [0.29, 0.717) is 18.5 Å². The van der Waals surface area contributed by atoms with Gasteiger partial charge in [-0.2, -0.15) is 0 Å². The highest BCUT2D eigenvalue weighted by atomic mass is 35.5. The first-order valence-corrected chi connectivity index (χ1v) is 8.48. The van der Waals surface area contributed by atoms with Crippen LogP contribution < -0.4 is 4.74 Å². The summed E-state index contributed by atoms with van der Waals surface area (Å²) in [5, 5.41) is 0. The predicted molar refractivity (Wildman–Crippen MR) is 89.3 cm³/mol. The minimum absolute atomic E-state index is 0.433. The monoisotopic (exact) mass is 308 g/mol. The second-order valence-corrected chi connectivity index (χ2v) is 5.62. The number of benzene rings is 1. The summed E-state index contributed by atoms with van der Waals surface area (Å²) in [7, 11) is 0. The van der Waals surface area contributed by atoms with E-state index in [1.165, 1.54) is 0 Å². The maximum absolute atomic E-state index is 6.14. The SMILES string of the molecule is CCCOc1cccc2c1nc(CCl)n2C(CC)CCC. The molecule has 1 heterocycles. The Balaban J connectivity index is 2.53. The second kappa shape index (κ2) is 7.69. The van der Waals surface area contributed by atoms with E-state index >= 15 is 0 Å². The summed E-state index contributed by atoms with van der Waals surface area (Å²) in [4.78, 5) is 4.74. The summed E-state index contributed by atoms with van der Waals surface area (Å²) in [5.74, 6) is 2.24. The molecule has 1 aromatic heterocycles. The maximum atomic E-state index is 6.14. The summed E-state index contributed by atoms with van der Waals surface area (Å²) < 4.78 is 8.15. The second-order valence-electron chi connectivity index (χ2n) is 5.35. The quantitative estimate of drug-likeness (QED) is 0.617. The molecule has 1 atom stereocenters. The molecule has 0 amide bonds. The number of halogens is 1. The molecule has 0 aliphatic rings. The topological polar surface area (TPSA) is 27.1 Å². The predicted octanol–water partition coefficient (Wildman–Crippen LogP) is 5.32. The summed E-state index contributed by atoms with van der Waals surface area (Å²) >= 11 is 6.14. The van der Waals surface area contributed by atoms with Gasteiger partial charge >= 0.3 is 0 Å². The van der Waals surface area contributed by atoms with Gasteiger partial charge in [-0.15, -0.1) is 11.6 Å². The minimum atomic E-state index is 0.433. The number of fused-ring (bicyclic) bond motifs is 1. The number of hydrogen-bond acceptors (Lipinski definition) is 2. The molecule has 0 saturated heterocycles. The minimum Gasteiger partial charge on any atom is -0.491 e. The molecule has 3 nitrogen and oxygen atoms in total. The van der Waals surface area contributed by atoms with Gasteiger partial charge in [0.1, 0.15) is 17.1 Å². The number of imidazole rings is 1. The van der Waals surface area contributed by atoms with Crippen molar-refractivity contribution in [3.05, 3.63) is 24.0 Å². The van der Waals surface area contributed by atoms with Crippen LogP contribution in [0.5, 0.6) is 5.75 Å². The van der Waals surface area contributed by atoms with Gasteiger partial charge in [0, 0.05) is 6.04 Å². The van der Waals surface area contributed by atoms with Crippen LogP contribution in [-0.4, -0.2) is 16.2 Å². The summed E-state index contributed by atoms with van der Waals surface area (Å²) in [6.07, 6.45) is 4.38. The Hall–Kier alpha value is -1.22. The van der Waals surface area contributed by atoms with Crippen LogP contribution >= 0.6 is 11.6 Å². The number of aromatic nitrogens is 2. The smallest absolute Gasteiger partial charge is 0.147 e. The van der Waals surface area contributed by atoms with Crippen LogP contribution in [-0.2, 0) is 5.88 Å². The lowest BCUT2D eigenvalue weighted by atomic mass is 10.1. The number of ether oxygens (including phenoxy) is 1. The van der Waals surface area contributed by atoms with Crippen LogP contribution in [0.25, 0.3) is 11.0 Å². The number of para-hydroxylation sites is 1. The van der Waals surface area contributed by atoms with Crippen molar-refractivity contribution >= 4 is 22.6 Å². The Morgan fingerprint density at radius 1 is 1.24 bits per heavy atom. The highest BCUT2D eigenvalue weighted by molar-refractivity contribution is 6.16. The molecule has 4 heteroatoms. The molecule has 2 aromatic rings. The molecule has 0 aliphatic heterocycles. The molecule has 116 valence electrons. The molecule has 0 fully saturated rings. The normalized spacial score (nSPS) is 12.8. The fraction of sp³-hybridized carbons (Fsp3) is 0.588. The number of rotatable bonds is 8. The van der Waals surface area contributed by atoms with E-state index < -0.39 is 0 Å². The van der Waals surface area contributed by atoms with Crippen molar-refractivity contribution in [1.29, 1.82) is 0 Å². The highest BCUT2D eigenvalue weighted by Crippen LogP contribution is 2.32. The van der Waals surface area contributed by atoms with Gasteiger partial charge in [-0.1, -0.05) is 33.3 Å². The molecular weight excluding hydrogens is 284 g/mol. The third-order valence-corrected chi connectivity index (χ3v) is 4.03. The zero-order valence-corrected chi connectivity index (χ0v) is 14.0. The summed E-state index contributed by atoms with van der Waals surface area (Å²) in [5.41, 5.74) is 2.08. The first kappa shape index (κ1) is 16.2. The van der Waals surface area contributed by atoms with E-state index in [2.05, 4.69) is 31.4 Å². The fourth-order valence-corrected chi connectivity index (χ4v) is 3.01. The zero-order chi connectivity index (χ0) is 15.2. The van der Waals surface area contributed by atoms with Crippen molar-refractivity contribution in [2.45, 2.75) is 58.4 Å². The molecule has 0 bridgehead atoms. The Bertz CT molecular complexity index is 579. The molecule has 0 spiro atoms. The van der Waals surface area contributed by atoms with Gasteiger partial charge in [-0.3, -0.25) is 0 Å². The van der Waals surface area contributed by atoms with Crippen molar-refractivity contribution in [1.82, 2.24) is 9.55 Å². The van der Waals surface area contributed by atoms with Gasteiger partial charge in [-0.25, -0.2) is 4.98 Å². The lowest BCUT2D eigenvalue weighted by Gasteiger charge is -2.19. The Morgan fingerprint density at radius 3 is 2.67 bits per heavy atom. The van der Waals surface area contributed by atoms with Gasteiger partial charge in [0.05, 0.1) is 18.0 Å². The third-order valence-electron chi connectivity index (χ3n) is 3.80. The summed E-state index contributed by atoms with van der Waals surface area (Å²) in [6, 6.07) is 6.61. The van der Waals surface area contributed by atoms with Crippen molar-refractivity contribution in [2.75, 3.05) is 6.61 Å². The number of hydrogen-bond donors (Lipinski definition) is 0. The third kappa shape index (κ3) is 3.34. The number of alkyl halides is 1. The van der Waals surface area contributed by atoms with Gasteiger partial charge in [-0.05, 0) is 31.4 Å². The van der Waals surface area contributed by atoms with Crippen LogP contribution in [0.3, 0.4) is 0 Å². The van der Waals surface area contributed by atoms with Crippen molar-refractivity contribution in [3.63, 3.8) is 0 Å². The maximum Gasteiger partial charge on any atom is 0.147 e. The van der Waals surface area contributed by atoms with Gasteiger partial charge in [0.15, 0.2) is 0 Å². The van der Waals surface area contributed by atoms with Crippen LogP contribution in [0, 0.1) is 0 Å². The molecule has 21 heavy (non-hydrogen) atoms. The number of nitrogens with zero attached hydrogens (tertiary/aromatic N) is 2. The van der Waals surface area contributed by atoms with Gasteiger partial charge in [0.25, 0.3) is 0 Å². The Morgan fingerprint density at radius 2 is 2.05 bits per heavy atom. The Kier molecular flexibility index (Phi) is 5.92. The van der Waals surface area contributed by atoms with Crippen LogP contribution in [0.2, 0.25) is 0 Å². The molecule has 0 saturated carbocycles. The van der Waals surface area contributed by atoms with Crippen LogP contribution in [0.4, 0.5) is 0 Å². The van der Waals surface area contributed by atoms with Crippen molar-refractivity contribution in [2.24, 2.45) is 0 Å². The first-order chi connectivity index (χ1) is 10.3. The first-order valence-electron chi connectivity index (χ1n) is 7.95. The standard InChI is InChI=1S/C17H25ClN2O/c1-4-8-13(6-3)20-14-9-7-10-15(21-11-5-2)17(14)19-16(20)12-18/h7,9-10,13H,4-6,8,11-12H2,1-3H3. The van der Waals surface area contributed by atoms with Gasteiger partial charge < -0.3 is 9.30 Å². The van der Waals surface area contributed by atoms with E-state index in [1.54, 1.807) is 0 Å². The molecule has 0 aliphatic carbocycles. The molecule has 2 rings (SSSR count). The lowest BCUT2D eigenvalue weighted by Crippen LogP contribution is -2.10. The van der Waals surface area contributed by atoms with Crippen molar-refractivity contribution < 1.29 is 4.74 Å². The summed E-state index contributed by atoms with van der Waals surface area (Å²) in [6.45, 7) is 7.27. The average Bonchev–Trinajstić information content (AvgIpc) is 2.89. The Labute approximate surface area is 132 Å². The molecule has 1 aromatic carbocycles. The molecule has 0 radical (unpaired) electrons. The van der Waals surface area contributed by atoms with E-state index in [1.807, 2.05) is 12.1 Å². The average molecular weight is 309 g/mol. The van der Waals surface area contributed by atoms with Crippen LogP contribution in [0.15, 0.2) is 18.2 Å². The fourth-order valence-electron chi connectivity index (χ4n) is 2.82. The van der Waals surface area contributed by atoms with Crippen molar-refractivity contribution in [3.8, 4) is 5.75 Å². The van der Waals surface area contributed by atoms with E-state index in [-0.39, 0.29) is 0 Å². The van der Waals surface area contributed by atoms with E-state index in [9.17, 15) is 0 Å². The zero-order valence-electron chi connectivity index (χ0n) is 13.2. The van der Waals surface area contributed by atoms with E-state index in [4.69, 9.17) is 21.3 Å². The largest absolute Gasteiger partial charge is 0.491 e.